The number of halogens is 2. The van der Waals surface area contributed by atoms with Gasteiger partial charge >= 0.3 is 0 Å². The fourth-order valence-electron chi connectivity index (χ4n) is 2.65. The molecule has 3 aromatic rings. The number of nitrogens with one attached hydrogen (secondary N) is 2. The van der Waals surface area contributed by atoms with Crippen molar-refractivity contribution in [3.63, 3.8) is 0 Å². The average molecular weight is 516 g/mol. The minimum atomic E-state index is -4.14. The zero-order valence-electron chi connectivity index (χ0n) is 16.2. The molecule has 0 aromatic heterocycles. The first-order valence-electron chi connectivity index (χ1n) is 8.75. The first kappa shape index (κ1) is 23.8. The van der Waals surface area contributed by atoms with Crippen molar-refractivity contribution in [2.24, 2.45) is 0 Å². The molecule has 0 atom stereocenters. The van der Waals surface area contributed by atoms with E-state index in [1.807, 2.05) is 0 Å². The molecule has 0 aliphatic carbocycles. The summed E-state index contributed by atoms with van der Waals surface area (Å²) in [6.45, 7) is 1.49. The van der Waals surface area contributed by atoms with E-state index in [1.54, 1.807) is 0 Å². The second kappa shape index (κ2) is 8.94. The van der Waals surface area contributed by atoms with Gasteiger partial charge in [-0.1, -0.05) is 29.3 Å². The number of anilines is 2. The molecule has 0 aliphatic rings. The summed E-state index contributed by atoms with van der Waals surface area (Å²) in [4.78, 5) is 9.96. The highest BCUT2D eigenvalue weighted by molar-refractivity contribution is 7.93. The van der Waals surface area contributed by atoms with Gasteiger partial charge in [0.1, 0.15) is 0 Å². The van der Waals surface area contributed by atoms with Crippen molar-refractivity contribution in [2.75, 3.05) is 9.44 Å². The molecule has 9 nitrogen and oxygen atoms in total. The van der Waals surface area contributed by atoms with E-state index >= 15 is 0 Å². The summed E-state index contributed by atoms with van der Waals surface area (Å²) in [5.41, 5.74) is 0.177. The predicted octanol–water partition coefficient (Wildman–Crippen LogP) is 4.81. The molecule has 0 unspecified atom stereocenters. The monoisotopic (exact) mass is 515 g/mol. The molecule has 0 fully saturated rings. The van der Waals surface area contributed by atoms with Crippen molar-refractivity contribution in [3.8, 4) is 0 Å². The summed E-state index contributed by atoms with van der Waals surface area (Å²) < 4.78 is 54.9. The van der Waals surface area contributed by atoms with Crippen LogP contribution in [0.25, 0.3) is 0 Å². The van der Waals surface area contributed by atoms with Gasteiger partial charge in [-0.2, -0.15) is 0 Å². The molecular formula is C19H15Cl2N3O6S2. The van der Waals surface area contributed by atoms with E-state index < -0.39 is 25.0 Å². The first-order valence-corrected chi connectivity index (χ1v) is 12.5. The molecule has 0 aliphatic heterocycles. The molecule has 2 N–H and O–H groups in total. The van der Waals surface area contributed by atoms with Gasteiger partial charge in [0.05, 0.1) is 25.4 Å². The highest BCUT2D eigenvalue weighted by Gasteiger charge is 2.21. The second-order valence-corrected chi connectivity index (χ2v) is 10.8. The van der Waals surface area contributed by atoms with Gasteiger partial charge in [0, 0.05) is 22.3 Å². The predicted molar refractivity (Wildman–Crippen MR) is 122 cm³/mol. The van der Waals surface area contributed by atoms with Gasteiger partial charge in [-0.3, -0.25) is 19.6 Å². The van der Waals surface area contributed by atoms with Crippen molar-refractivity contribution >= 4 is 60.3 Å². The third-order valence-electron chi connectivity index (χ3n) is 4.28. The van der Waals surface area contributed by atoms with E-state index in [2.05, 4.69) is 9.44 Å². The number of nitrogens with zero attached hydrogens (tertiary/aromatic N) is 1. The molecule has 3 aromatic carbocycles. The van der Waals surface area contributed by atoms with E-state index in [1.165, 1.54) is 61.5 Å². The van der Waals surface area contributed by atoms with Crippen LogP contribution in [0.2, 0.25) is 10.0 Å². The van der Waals surface area contributed by atoms with Gasteiger partial charge < -0.3 is 0 Å². The molecule has 168 valence electrons. The minimum absolute atomic E-state index is 0.0664. The Morgan fingerprint density at radius 1 is 0.812 bits per heavy atom. The maximum atomic E-state index is 12.6. The standard InChI is InChI=1S/C19H15Cl2N3O6S2/c1-12-2-6-16(11-19(12)24(25)26)32(29,30)22-14-4-7-15(8-5-14)31(27,28)23-18-9-3-13(20)10-17(18)21/h2-11,22-23H,1H3. The molecule has 32 heavy (non-hydrogen) atoms. The van der Waals surface area contributed by atoms with E-state index in [-0.39, 0.29) is 31.9 Å². The maximum Gasteiger partial charge on any atom is 0.273 e. The molecular weight excluding hydrogens is 501 g/mol. The summed E-state index contributed by atoms with van der Waals surface area (Å²) >= 11 is 11.8. The maximum absolute atomic E-state index is 12.6. The lowest BCUT2D eigenvalue weighted by molar-refractivity contribution is -0.385. The third kappa shape index (κ3) is 5.30. The lowest BCUT2D eigenvalue weighted by Gasteiger charge is -2.12. The highest BCUT2D eigenvalue weighted by atomic mass is 35.5. The van der Waals surface area contributed by atoms with E-state index in [0.717, 1.165) is 6.07 Å². The number of hydrogen-bond donors (Lipinski definition) is 2. The Kier molecular flexibility index (Phi) is 6.65. The Bertz CT molecular complexity index is 1410. The summed E-state index contributed by atoms with van der Waals surface area (Å²) in [5.74, 6) is 0. The zero-order chi connectivity index (χ0) is 23.7. The molecule has 0 saturated carbocycles. The molecule has 0 saturated heterocycles. The zero-order valence-corrected chi connectivity index (χ0v) is 19.4. The van der Waals surface area contributed by atoms with Crippen LogP contribution in [0.5, 0.6) is 0 Å². The second-order valence-electron chi connectivity index (χ2n) is 6.56. The Balaban J connectivity index is 1.82. The molecule has 3 rings (SSSR count). The Labute approximate surface area is 194 Å². The molecule has 13 heteroatoms. The van der Waals surface area contributed by atoms with E-state index in [4.69, 9.17) is 23.2 Å². The first-order chi connectivity index (χ1) is 14.9. The average Bonchev–Trinajstić information content (AvgIpc) is 2.70. The third-order valence-corrected chi connectivity index (χ3v) is 7.59. The molecule has 0 heterocycles. The Morgan fingerprint density at radius 3 is 2.00 bits per heavy atom. The smallest absolute Gasteiger partial charge is 0.273 e. The molecule has 0 spiro atoms. The Morgan fingerprint density at radius 2 is 1.41 bits per heavy atom. The summed E-state index contributed by atoms with van der Waals surface area (Å²) in [6, 6.07) is 12.7. The van der Waals surface area contributed by atoms with Crippen LogP contribution in [-0.2, 0) is 20.0 Å². The van der Waals surface area contributed by atoms with E-state index in [9.17, 15) is 26.9 Å². The van der Waals surface area contributed by atoms with Crippen LogP contribution in [-0.4, -0.2) is 21.8 Å². The van der Waals surface area contributed by atoms with Gasteiger partial charge in [0.15, 0.2) is 0 Å². The van der Waals surface area contributed by atoms with Gasteiger partial charge in [-0.25, -0.2) is 16.8 Å². The van der Waals surface area contributed by atoms with Crippen molar-refractivity contribution in [3.05, 3.63) is 86.4 Å². The summed E-state index contributed by atoms with van der Waals surface area (Å²) in [6.07, 6.45) is 0. The number of nitro groups is 1. The van der Waals surface area contributed by atoms with Crippen molar-refractivity contribution in [1.29, 1.82) is 0 Å². The number of rotatable bonds is 7. The van der Waals surface area contributed by atoms with Crippen molar-refractivity contribution < 1.29 is 21.8 Å². The molecule has 0 bridgehead atoms. The summed E-state index contributed by atoms with van der Waals surface area (Å²) in [5, 5.41) is 11.5. The molecule has 0 amide bonds. The van der Waals surface area contributed by atoms with Crippen molar-refractivity contribution in [1.82, 2.24) is 0 Å². The van der Waals surface area contributed by atoms with Crippen LogP contribution in [0.4, 0.5) is 17.1 Å². The number of nitro benzene ring substituents is 1. The van der Waals surface area contributed by atoms with Gasteiger partial charge in [-0.05, 0) is 55.5 Å². The van der Waals surface area contributed by atoms with E-state index in [0.29, 0.717) is 10.6 Å². The van der Waals surface area contributed by atoms with Crippen LogP contribution in [0.1, 0.15) is 5.56 Å². The number of sulfonamides is 2. The number of hydrogen-bond acceptors (Lipinski definition) is 6. The van der Waals surface area contributed by atoms with Crippen LogP contribution in [0.3, 0.4) is 0 Å². The largest absolute Gasteiger partial charge is 0.280 e. The molecule has 0 radical (unpaired) electrons. The van der Waals surface area contributed by atoms with Crippen LogP contribution < -0.4 is 9.44 Å². The highest BCUT2D eigenvalue weighted by Crippen LogP contribution is 2.28. The lowest BCUT2D eigenvalue weighted by atomic mass is 10.2. The van der Waals surface area contributed by atoms with Crippen LogP contribution in [0, 0.1) is 17.0 Å². The number of aryl methyl sites for hydroxylation is 1. The quantitative estimate of drug-likeness (QED) is 0.342. The van der Waals surface area contributed by atoms with Crippen LogP contribution in [0.15, 0.2) is 70.5 Å². The SMILES string of the molecule is Cc1ccc(S(=O)(=O)Nc2ccc(S(=O)(=O)Nc3ccc(Cl)cc3Cl)cc2)cc1[N+](=O)[O-]. The van der Waals surface area contributed by atoms with Gasteiger partial charge in [0.2, 0.25) is 0 Å². The normalized spacial score (nSPS) is 11.7. The summed E-state index contributed by atoms with van der Waals surface area (Å²) in [7, 11) is -8.15. The topological polar surface area (TPSA) is 135 Å². The minimum Gasteiger partial charge on any atom is -0.280 e. The van der Waals surface area contributed by atoms with Crippen LogP contribution >= 0.6 is 23.2 Å². The van der Waals surface area contributed by atoms with Gasteiger partial charge in [-0.15, -0.1) is 0 Å². The number of benzene rings is 3. The fourth-order valence-corrected chi connectivity index (χ4v) is 5.31. The van der Waals surface area contributed by atoms with Crippen molar-refractivity contribution in [2.45, 2.75) is 16.7 Å². The van der Waals surface area contributed by atoms with Gasteiger partial charge in [0.25, 0.3) is 25.7 Å². The lowest BCUT2D eigenvalue weighted by Crippen LogP contribution is -2.15. The fraction of sp³-hybridized carbons (Fsp3) is 0.0526. The Hall–Kier alpha value is -2.86.